The summed E-state index contributed by atoms with van der Waals surface area (Å²) in [7, 11) is 3.46. The number of carbonyl (C=O) groups is 2. The zero-order valence-corrected chi connectivity index (χ0v) is 31.7. The fraction of sp³-hybridized carbons (Fsp3) is 0.381. The molecule has 5 aromatic rings. The summed E-state index contributed by atoms with van der Waals surface area (Å²) in [5, 5.41) is 32.4. The maximum absolute atomic E-state index is 13.4. The molecule has 3 aliphatic rings. The molecule has 2 aromatic heterocycles. The molecule has 3 atom stereocenters. The van der Waals surface area contributed by atoms with E-state index in [1.165, 1.54) is 12.1 Å². The Bertz CT molecular complexity index is 2200. The van der Waals surface area contributed by atoms with Crippen LogP contribution in [0.5, 0.6) is 11.5 Å². The fourth-order valence-corrected chi connectivity index (χ4v) is 7.71. The third kappa shape index (κ3) is 9.05. The Morgan fingerprint density at radius 2 is 1.80 bits per heavy atom. The van der Waals surface area contributed by atoms with Crippen molar-refractivity contribution < 1.29 is 29.3 Å². The van der Waals surface area contributed by atoms with Gasteiger partial charge in [0, 0.05) is 45.2 Å². The second-order valence-electron chi connectivity index (χ2n) is 14.7. The number of aromatic hydroxyl groups is 1. The Balaban J connectivity index is 0.905. The maximum atomic E-state index is 13.4. The van der Waals surface area contributed by atoms with E-state index >= 15 is 0 Å². The number of phenolic OH excluding ortho intramolecular Hbond substituents is 1. The number of ether oxygens (including phenoxy) is 2. The zero-order chi connectivity index (χ0) is 39.2. The minimum Gasteiger partial charge on any atom is -0.506 e. The van der Waals surface area contributed by atoms with Gasteiger partial charge < -0.3 is 40.2 Å². The highest BCUT2D eigenvalue weighted by molar-refractivity contribution is 5.92. The van der Waals surface area contributed by atoms with Crippen LogP contribution in [0.15, 0.2) is 89.7 Å². The number of piperidine rings is 3. The molecule has 2 amide bonds. The number of amides is 2. The predicted octanol–water partition coefficient (Wildman–Crippen LogP) is 4.24. The highest BCUT2D eigenvalue weighted by Crippen LogP contribution is 2.31. The van der Waals surface area contributed by atoms with Crippen molar-refractivity contribution in [1.82, 2.24) is 35.2 Å². The van der Waals surface area contributed by atoms with Crippen LogP contribution in [0.2, 0.25) is 0 Å². The summed E-state index contributed by atoms with van der Waals surface area (Å²) in [5.41, 5.74) is 3.31. The Hall–Kier alpha value is -5.70. The molecule has 8 rings (SSSR count). The van der Waals surface area contributed by atoms with Crippen LogP contribution in [-0.2, 0) is 18.4 Å². The Morgan fingerprint density at radius 3 is 2.57 bits per heavy atom. The van der Waals surface area contributed by atoms with Gasteiger partial charge in [-0.15, -0.1) is 0 Å². The van der Waals surface area contributed by atoms with E-state index in [4.69, 9.17) is 9.47 Å². The number of phenols is 1. The van der Waals surface area contributed by atoms with E-state index in [1.54, 1.807) is 41.9 Å². The first-order valence-corrected chi connectivity index (χ1v) is 19.1. The molecule has 5 heterocycles. The van der Waals surface area contributed by atoms with Gasteiger partial charge in [-0.1, -0.05) is 48.5 Å². The van der Waals surface area contributed by atoms with Crippen LogP contribution in [-0.4, -0.2) is 99.2 Å². The average Bonchev–Trinajstić information content (AvgIpc) is 3.59. The first-order chi connectivity index (χ1) is 27.1. The molecule has 0 saturated carbocycles. The molecule has 294 valence electrons. The average molecular weight is 764 g/mol. The second kappa shape index (κ2) is 17.4. The van der Waals surface area contributed by atoms with Crippen molar-refractivity contribution in [3.63, 3.8) is 0 Å². The van der Waals surface area contributed by atoms with Crippen molar-refractivity contribution in [3.05, 3.63) is 123 Å². The van der Waals surface area contributed by atoms with Gasteiger partial charge in [0.1, 0.15) is 35.6 Å². The minimum atomic E-state index is -0.869. The smallest absolute Gasteiger partial charge is 0.408 e. The number of benzene rings is 3. The molecule has 0 aliphatic carbocycles. The zero-order valence-electron chi connectivity index (χ0n) is 31.7. The summed E-state index contributed by atoms with van der Waals surface area (Å²) >= 11 is 0. The third-order valence-corrected chi connectivity index (χ3v) is 10.8. The van der Waals surface area contributed by atoms with Crippen LogP contribution >= 0.6 is 0 Å². The van der Waals surface area contributed by atoms with Gasteiger partial charge in [-0.25, -0.2) is 4.79 Å². The number of hydrogen-bond donors (Lipinski definition) is 5. The Labute approximate surface area is 325 Å². The number of pyridine rings is 1. The molecular formula is C42H49N7O7. The maximum Gasteiger partial charge on any atom is 0.408 e. The fourth-order valence-electron chi connectivity index (χ4n) is 7.71. The normalized spacial score (nSPS) is 18.7. The molecule has 3 fully saturated rings. The highest BCUT2D eigenvalue weighted by atomic mass is 16.6. The van der Waals surface area contributed by atoms with E-state index in [1.807, 2.05) is 54.6 Å². The van der Waals surface area contributed by atoms with Crippen LogP contribution < -0.4 is 20.9 Å². The van der Waals surface area contributed by atoms with Gasteiger partial charge in [0.2, 0.25) is 5.56 Å². The number of rotatable bonds is 15. The molecule has 1 unspecified atom stereocenters. The number of carbonyl (C=O) groups excluding carboxylic acids is 2. The number of aromatic amines is 1. The van der Waals surface area contributed by atoms with Crippen molar-refractivity contribution in [3.8, 4) is 11.5 Å². The van der Waals surface area contributed by atoms with Crippen molar-refractivity contribution >= 4 is 22.9 Å². The molecule has 56 heavy (non-hydrogen) atoms. The molecule has 3 saturated heterocycles. The van der Waals surface area contributed by atoms with Gasteiger partial charge in [-0.05, 0) is 91.8 Å². The summed E-state index contributed by atoms with van der Waals surface area (Å²) in [4.78, 5) is 44.9. The number of aryl methyl sites for hydroxylation is 1. The van der Waals surface area contributed by atoms with Gasteiger partial charge in [0.05, 0.1) is 17.7 Å². The molecule has 14 heteroatoms. The third-order valence-electron chi connectivity index (χ3n) is 10.8. The predicted molar refractivity (Wildman–Crippen MR) is 210 cm³/mol. The molecule has 14 nitrogen and oxygen atoms in total. The van der Waals surface area contributed by atoms with Crippen molar-refractivity contribution in [2.24, 2.45) is 13.0 Å². The van der Waals surface area contributed by atoms with E-state index in [0.717, 1.165) is 43.6 Å². The second-order valence-corrected chi connectivity index (χ2v) is 14.7. The number of nitrogens with zero attached hydrogens (tertiary/aromatic N) is 4. The molecular weight excluding hydrogens is 715 g/mol. The molecule has 2 bridgehead atoms. The Morgan fingerprint density at radius 1 is 1.02 bits per heavy atom. The van der Waals surface area contributed by atoms with Crippen LogP contribution in [0.1, 0.15) is 64.3 Å². The van der Waals surface area contributed by atoms with Crippen LogP contribution in [0, 0.1) is 5.92 Å². The standard InChI is InChI=1S/C42H49N7O7/c1-47(19-7-18-43-24-36(51)32-12-14-35(50)40-33(32)13-15-38(52)44-40)41(53)34-23-30(46-48(34)2)26-55-31-11-6-10-29(22-31)39(28-8-4-3-5-9-28)45-42(54)56-37-25-49-20-16-27(37)17-21-49/h3-6,8-15,22-23,27,36-37,39,43,50-51H,7,16-21,24-26H2,1-2H3,(H,44,52)(H,45,54)/t36-,37+,39?/m1/s1. The number of H-pyrrole nitrogens is 1. The molecule has 0 radical (unpaired) electrons. The molecule has 3 aromatic carbocycles. The van der Waals surface area contributed by atoms with Crippen molar-refractivity contribution in [1.29, 1.82) is 0 Å². The minimum absolute atomic E-state index is 0.0614. The van der Waals surface area contributed by atoms with Crippen LogP contribution in [0.3, 0.4) is 0 Å². The van der Waals surface area contributed by atoms with Crippen molar-refractivity contribution in [2.45, 2.75) is 44.1 Å². The first kappa shape index (κ1) is 38.6. The first-order valence-electron chi connectivity index (χ1n) is 19.1. The summed E-state index contributed by atoms with van der Waals surface area (Å²) < 4.78 is 13.7. The number of alkyl carbamates (subject to hydrolysis) is 1. The van der Waals surface area contributed by atoms with Crippen LogP contribution in [0.4, 0.5) is 4.79 Å². The topological polar surface area (TPSA) is 174 Å². The summed E-state index contributed by atoms with van der Waals surface area (Å²) in [5.74, 6) is 0.762. The lowest BCUT2D eigenvalue weighted by molar-refractivity contribution is -0.0336. The summed E-state index contributed by atoms with van der Waals surface area (Å²) in [6.07, 6.45) is 1.35. The van der Waals surface area contributed by atoms with Gasteiger partial charge >= 0.3 is 6.09 Å². The van der Waals surface area contributed by atoms with Gasteiger partial charge in [-0.3, -0.25) is 19.2 Å². The number of nitrogens with one attached hydrogen (secondary N) is 3. The number of aromatic nitrogens is 3. The lowest BCUT2D eigenvalue weighted by atomic mass is 9.86. The molecule has 3 aliphatic heterocycles. The monoisotopic (exact) mass is 763 g/mol. The van der Waals surface area contributed by atoms with Gasteiger partial charge in [0.25, 0.3) is 5.91 Å². The Kier molecular flexibility index (Phi) is 12.0. The van der Waals surface area contributed by atoms with Crippen LogP contribution in [0.25, 0.3) is 10.9 Å². The number of aliphatic hydroxyl groups excluding tert-OH is 1. The van der Waals surface area contributed by atoms with E-state index in [9.17, 15) is 24.6 Å². The largest absolute Gasteiger partial charge is 0.506 e. The number of aliphatic hydroxyl groups is 1. The quantitative estimate of drug-likeness (QED) is 0.0971. The summed E-state index contributed by atoms with van der Waals surface area (Å²) in [6.45, 7) is 4.33. The van der Waals surface area contributed by atoms with Gasteiger partial charge in [0.15, 0.2) is 0 Å². The van der Waals surface area contributed by atoms with E-state index in [2.05, 4.69) is 25.6 Å². The summed E-state index contributed by atoms with van der Waals surface area (Å²) in [6, 6.07) is 24.7. The molecule has 0 spiro atoms. The van der Waals surface area contributed by atoms with E-state index in [-0.39, 0.29) is 42.0 Å². The molecule has 5 N–H and O–H groups in total. The van der Waals surface area contributed by atoms with E-state index in [0.29, 0.717) is 53.5 Å². The van der Waals surface area contributed by atoms with Gasteiger partial charge in [-0.2, -0.15) is 5.10 Å². The number of hydrogen-bond acceptors (Lipinski definition) is 10. The van der Waals surface area contributed by atoms with E-state index < -0.39 is 18.2 Å². The SMILES string of the molecule is CN(CCCNC[C@@H](O)c1ccc(O)c2[nH]c(=O)ccc12)C(=O)c1cc(COc2cccc(C(NC(=O)O[C@H]3CN4CCC3CC4)c3ccccc3)c2)nn1C. The van der Waals surface area contributed by atoms with Crippen molar-refractivity contribution in [2.75, 3.05) is 46.3 Å². The lowest BCUT2D eigenvalue weighted by Gasteiger charge is -2.43. The number of fused-ring (bicyclic) bond motifs is 4. The highest BCUT2D eigenvalue weighted by Gasteiger charge is 2.37. The lowest BCUT2D eigenvalue weighted by Crippen LogP contribution is -2.52.